The fraction of sp³-hybridized carbons (Fsp3) is 0.400. The van der Waals surface area contributed by atoms with Gasteiger partial charge in [0, 0.05) is 18.7 Å². The summed E-state index contributed by atoms with van der Waals surface area (Å²) in [7, 11) is 0. The molecule has 2 aromatic rings. The lowest BCUT2D eigenvalue weighted by Crippen LogP contribution is -2.41. The molecule has 0 unspecified atom stereocenters. The zero-order chi connectivity index (χ0) is 15.4. The number of aromatic nitrogens is 2. The van der Waals surface area contributed by atoms with Gasteiger partial charge in [-0.15, -0.1) is 0 Å². The highest BCUT2D eigenvalue weighted by molar-refractivity contribution is 8.01. The second kappa shape index (κ2) is 7.21. The van der Waals surface area contributed by atoms with E-state index in [9.17, 15) is 4.79 Å². The Morgan fingerprint density at radius 1 is 1.41 bits per heavy atom. The topological polar surface area (TPSA) is 55.3 Å². The van der Waals surface area contributed by atoms with E-state index in [0.29, 0.717) is 32.1 Å². The van der Waals surface area contributed by atoms with Crippen molar-refractivity contribution in [2.24, 2.45) is 0 Å². The second-order valence-electron chi connectivity index (χ2n) is 5.04. The van der Waals surface area contributed by atoms with Gasteiger partial charge in [0.2, 0.25) is 5.91 Å². The van der Waals surface area contributed by atoms with Crippen molar-refractivity contribution in [1.82, 2.24) is 14.3 Å². The van der Waals surface area contributed by atoms with Crippen LogP contribution in [0.5, 0.6) is 0 Å². The third-order valence-electron chi connectivity index (χ3n) is 3.37. The number of thioether (sulfide) groups is 1. The highest BCUT2D eigenvalue weighted by atomic mass is 32.2. The fourth-order valence-corrected chi connectivity index (χ4v) is 3.72. The fourth-order valence-electron chi connectivity index (χ4n) is 2.20. The number of hydrogen-bond donors (Lipinski definition) is 0. The lowest BCUT2D eigenvalue weighted by molar-refractivity contribution is -0.132. The molecule has 0 radical (unpaired) electrons. The molecule has 1 aliphatic rings. The van der Waals surface area contributed by atoms with Crippen molar-refractivity contribution in [1.29, 1.82) is 0 Å². The number of aryl methyl sites for hydroxylation is 1. The van der Waals surface area contributed by atoms with Gasteiger partial charge in [-0.3, -0.25) is 4.79 Å². The molecule has 22 heavy (non-hydrogen) atoms. The molecule has 3 rings (SSSR count). The first-order valence-electron chi connectivity index (χ1n) is 7.11. The average Bonchev–Trinajstić information content (AvgIpc) is 3.02. The van der Waals surface area contributed by atoms with Crippen LogP contribution in [-0.2, 0) is 9.53 Å². The molecule has 1 saturated heterocycles. The third-order valence-corrected chi connectivity index (χ3v) is 5.18. The monoisotopic (exact) mass is 335 g/mol. The average molecular weight is 335 g/mol. The molecule has 1 aromatic heterocycles. The van der Waals surface area contributed by atoms with E-state index in [4.69, 9.17) is 4.74 Å². The molecule has 5 nitrogen and oxygen atoms in total. The van der Waals surface area contributed by atoms with Crippen LogP contribution in [0, 0.1) is 6.92 Å². The number of hydrogen-bond acceptors (Lipinski definition) is 6. The first-order chi connectivity index (χ1) is 10.7. The van der Waals surface area contributed by atoms with Gasteiger partial charge in [0.05, 0.1) is 19.0 Å². The minimum Gasteiger partial charge on any atom is -0.378 e. The van der Waals surface area contributed by atoms with E-state index in [1.165, 1.54) is 28.9 Å². The summed E-state index contributed by atoms with van der Waals surface area (Å²) in [6.07, 6.45) is 0. The Hall–Kier alpha value is -1.44. The molecule has 0 bridgehead atoms. The summed E-state index contributed by atoms with van der Waals surface area (Å²) in [6.45, 7) is 4.68. The van der Waals surface area contributed by atoms with Crippen LogP contribution in [-0.4, -0.2) is 52.2 Å². The van der Waals surface area contributed by atoms with Gasteiger partial charge in [0.15, 0.2) is 10.2 Å². The predicted molar refractivity (Wildman–Crippen MR) is 88.2 cm³/mol. The van der Waals surface area contributed by atoms with E-state index in [-0.39, 0.29) is 5.91 Å². The van der Waals surface area contributed by atoms with Crippen LogP contribution in [0.2, 0.25) is 0 Å². The minimum absolute atomic E-state index is 0.139. The van der Waals surface area contributed by atoms with Gasteiger partial charge in [0.1, 0.15) is 0 Å². The molecule has 116 valence electrons. The number of benzene rings is 1. The van der Waals surface area contributed by atoms with Gasteiger partial charge in [-0.05, 0) is 24.5 Å². The minimum atomic E-state index is 0.139. The molecule has 0 atom stereocenters. The van der Waals surface area contributed by atoms with Gasteiger partial charge in [-0.1, -0.05) is 35.5 Å². The van der Waals surface area contributed by atoms with Crippen LogP contribution < -0.4 is 0 Å². The van der Waals surface area contributed by atoms with Crippen LogP contribution >= 0.6 is 23.3 Å². The summed E-state index contributed by atoms with van der Waals surface area (Å²) in [5.74, 6) is 1.28. The quantitative estimate of drug-likeness (QED) is 0.804. The van der Waals surface area contributed by atoms with E-state index in [0.717, 1.165) is 15.7 Å². The highest BCUT2D eigenvalue weighted by Gasteiger charge is 2.17. The van der Waals surface area contributed by atoms with Crippen molar-refractivity contribution >= 4 is 29.2 Å². The zero-order valence-electron chi connectivity index (χ0n) is 12.3. The van der Waals surface area contributed by atoms with E-state index < -0.39 is 0 Å². The van der Waals surface area contributed by atoms with E-state index in [2.05, 4.69) is 15.4 Å². The van der Waals surface area contributed by atoms with Crippen LogP contribution in [0.3, 0.4) is 0 Å². The third kappa shape index (κ3) is 3.85. The molecular weight excluding hydrogens is 318 g/mol. The maximum Gasteiger partial charge on any atom is 0.233 e. The van der Waals surface area contributed by atoms with E-state index in [1.807, 2.05) is 30.0 Å². The molecule has 0 N–H and O–H groups in total. The number of ether oxygens (including phenoxy) is 1. The summed E-state index contributed by atoms with van der Waals surface area (Å²) in [5, 5.41) is 0. The number of carbonyl (C=O) groups excluding carboxylic acids is 1. The Labute approximate surface area is 137 Å². The van der Waals surface area contributed by atoms with Crippen molar-refractivity contribution in [3.63, 3.8) is 0 Å². The van der Waals surface area contributed by atoms with Gasteiger partial charge < -0.3 is 9.64 Å². The van der Waals surface area contributed by atoms with Crippen LogP contribution in [0.25, 0.3) is 11.4 Å². The van der Waals surface area contributed by atoms with Gasteiger partial charge in [0.25, 0.3) is 0 Å². The number of amides is 1. The number of carbonyl (C=O) groups is 1. The maximum absolute atomic E-state index is 12.1. The molecule has 1 amide bonds. The molecule has 0 saturated carbocycles. The number of rotatable bonds is 4. The van der Waals surface area contributed by atoms with Crippen molar-refractivity contribution in [3.8, 4) is 11.4 Å². The van der Waals surface area contributed by atoms with Gasteiger partial charge in [-0.25, -0.2) is 4.98 Å². The summed E-state index contributed by atoms with van der Waals surface area (Å²) < 4.78 is 10.5. The van der Waals surface area contributed by atoms with Crippen molar-refractivity contribution in [3.05, 3.63) is 29.8 Å². The summed E-state index contributed by atoms with van der Waals surface area (Å²) in [5.41, 5.74) is 2.20. The molecule has 0 spiro atoms. The Morgan fingerprint density at radius 2 is 2.23 bits per heavy atom. The summed E-state index contributed by atoms with van der Waals surface area (Å²) in [6, 6.07) is 8.12. The van der Waals surface area contributed by atoms with Crippen LogP contribution in [0.4, 0.5) is 0 Å². The number of nitrogens with zero attached hydrogens (tertiary/aromatic N) is 3. The molecule has 0 aliphatic carbocycles. The standard InChI is InChI=1S/C15H17N3O2S2/c1-11-3-2-4-12(9-11)14-16-15(22-17-14)21-10-13(19)18-5-7-20-8-6-18/h2-4,9H,5-8,10H2,1H3. The van der Waals surface area contributed by atoms with Gasteiger partial charge >= 0.3 is 0 Å². The largest absolute Gasteiger partial charge is 0.378 e. The molecule has 1 aliphatic heterocycles. The van der Waals surface area contributed by atoms with Gasteiger partial charge in [-0.2, -0.15) is 4.37 Å². The lowest BCUT2D eigenvalue weighted by Gasteiger charge is -2.26. The second-order valence-corrected chi connectivity index (χ2v) is 7.01. The lowest BCUT2D eigenvalue weighted by atomic mass is 10.1. The molecule has 1 aromatic carbocycles. The molecular formula is C15H17N3O2S2. The smallest absolute Gasteiger partial charge is 0.233 e. The number of morpholine rings is 1. The summed E-state index contributed by atoms with van der Waals surface area (Å²) in [4.78, 5) is 18.5. The zero-order valence-corrected chi connectivity index (χ0v) is 14.0. The molecule has 7 heteroatoms. The summed E-state index contributed by atoms with van der Waals surface area (Å²) >= 11 is 2.80. The normalized spacial score (nSPS) is 15.0. The molecule has 2 heterocycles. The SMILES string of the molecule is Cc1cccc(-c2nsc(SCC(=O)N3CCOCC3)n2)c1. The Bertz CT molecular complexity index is 654. The predicted octanol–water partition coefficient (Wildman–Crippen LogP) is 2.46. The van der Waals surface area contributed by atoms with Crippen LogP contribution in [0.15, 0.2) is 28.6 Å². The first kappa shape index (κ1) is 15.5. The van der Waals surface area contributed by atoms with E-state index >= 15 is 0 Å². The van der Waals surface area contributed by atoms with Crippen molar-refractivity contribution < 1.29 is 9.53 Å². The van der Waals surface area contributed by atoms with E-state index in [1.54, 1.807) is 0 Å². The van der Waals surface area contributed by atoms with Crippen molar-refractivity contribution in [2.45, 2.75) is 11.3 Å². The highest BCUT2D eigenvalue weighted by Crippen LogP contribution is 2.25. The first-order valence-corrected chi connectivity index (χ1v) is 8.87. The van der Waals surface area contributed by atoms with Crippen molar-refractivity contribution in [2.75, 3.05) is 32.1 Å². The maximum atomic E-state index is 12.1. The Morgan fingerprint density at radius 3 is 3.00 bits per heavy atom. The Balaban J connectivity index is 1.59. The Kier molecular flexibility index (Phi) is 5.07. The van der Waals surface area contributed by atoms with Crippen LogP contribution in [0.1, 0.15) is 5.56 Å². The molecule has 1 fully saturated rings.